The summed E-state index contributed by atoms with van der Waals surface area (Å²) >= 11 is 0. The fourth-order valence-electron chi connectivity index (χ4n) is 2.55. The second-order valence-corrected chi connectivity index (χ2v) is 8.68. The van der Waals surface area contributed by atoms with E-state index in [0.29, 0.717) is 32.7 Å². The van der Waals surface area contributed by atoms with Gasteiger partial charge < -0.3 is 15.0 Å². The van der Waals surface area contributed by atoms with Crippen LogP contribution in [0.3, 0.4) is 0 Å². The Morgan fingerprint density at radius 1 is 1.21 bits per heavy atom. The predicted molar refractivity (Wildman–Crippen MR) is 95.9 cm³/mol. The molecule has 0 aromatic carbocycles. The molecule has 0 aromatic rings. The summed E-state index contributed by atoms with van der Waals surface area (Å²) in [7, 11) is -3.29. The molecule has 0 aromatic heterocycles. The summed E-state index contributed by atoms with van der Waals surface area (Å²) in [6.07, 6.45) is 2.55. The van der Waals surface area contributed by atoms with Gasteiger partial charge in [-0.25, -0.2) is 8.42 Å². The lowest BCUT2D eigenvalue weighted by Gasteiger charge is -2.34. The molecule has 1 heterocycles. The van der Waals surface area contributed by atoms with Crippen molar-refractivity contribution in [1.82, 2.24) is 14.5 Å². The molecular formula is C15H30ClN3O4S. The summed E-state index contributed by atoms with van der Waals surface area (Å²) in [5, 5.41) is 3.18. The lowest BCUT2D eigenvalue weighted by molar-refractivity contribution is -0.131. The van der Waals surface area contributed by atoms with E-state index >= 15 is 0 Å². The van der Waals surface area contributed by atoms with Gasteiger partial charge in [-0.3, -0.25) is 4.79 Å². The molecule has 7 nitrogen and oxygen atoms in total. The molecule has 2 rings (SSSR count). The Hall–Kier alpha value is -0.410. The smallest absolute Gasteiger partial charge is 0.236 e. The van der Waals surface area contributed by atoms with Gasteiger partial charge in [-0.05, 0) is 39.2 Å². The van der Waals surface area contributed by atoms with Gasteiger partial charge in [-0.2, -0.15) is 4.31 Å². The summed E-state index contributed by atoms with van der Waals surface area (Å²) in [5.74, 6) is 0.811. The van der Waals surface area contributed by atoms with Crippen molar-refractivity contribution in [1.29, 1.82) is 0 Å². The molecule has 1 saturated carbocycles. The maximum atomic E-state index is 12.2. The van der Waals surface area contributed by atoms with Crippen LogP contribution in [0.4, 0.5) is 0 Å². The molecule has 1 saturated heterocycles. The molecule has 142 valence electrons. The van der Waals surface area contributed by atoms with Gasteiger partial charge >= 0.3 is 0 Å². The first-order valence-electron chi connectivity index (χ1n) is 8.46. The summed E-state index contributed by atoms with van der Waals surface area (Å²) in [4.78, 5) is 13.8. The Kier molecular flexibility index (Phi) is 8.94. The predicted octanol–water partition coefficient (Wildman–Crippen LogP) is 0.307. The van der Waals surface area contributed by atoms with Gasteiger partial charge in [0.05, 0.1) is 25.0 Å². The average Bonchev–Trinajstić information content (AvgIpc) is 3.31. The number of carbonyl (C=O) groups excluding carboxylic acids is 1. The highest BCUT2D eigenvalue weighted by Gasteiger charge is 2.28. The molecule has 1 aliphatic heterocycles. The zero-order valence-corrected chi connectivity index (χ0v) is 16.2. The molecule has 24 heavy (non-hydrogen) atoms. The van der Waals surface area contributed by atoms with Gasteiger partial charge in [0.25, 0.3) is 0 Å². The van der Waals surface area contributed by atoms with Crippen molar-refractivity contribution in [3.05, 3.63) is 0 Å². The van der Waals surface area contributed by atoms with Crippen LogP contribution in [-0.2, 0) is 19.6 Å². The van der Waals surface area contributed by atoms with Crippen LogP contribution < -0.4 is 5.32 Å². The van der Waals surface area contributed by atoms with Crippen molar-refractivity contribution >= 4 is 28.3 Å². The van der Waals surface area contributed by atoms with Crippen LogP contribution in [0.1, 0.15) is 26.7 Å². The minimum atomic E-state index is -3.29. The van der Waals surface area contributed by atoms with Gasteiger partial charge in [0.2, 0.25) is 15.9 Å². The number of rotatable bonds is 9. The van der Waals surface area contributed by atoms with Crippen molar-refractivity contribution in [2.24, 2.45) is 5.92 Å². The molecule has 0 atom stereocenters. The minimum Gasteiger partial charge on any atom is -0.378 e. The van der Waals surface area contributed by atoms with Crippen molar-refractivity contribution < 1.29 is 17.9 Å². The third-order valence-electron chi connectivity index (χ3n) is 4.18. The van der Waals surface area contributed by atoms with Crippen LogP contribution >= 0.6 is 12.4 Å². The van der Waals surface area contributed by atoms with Crippen LogP contribution in [-0.4, -0.2) is 81.3 Å². The van der Waals surface area contributed by atoms with Crippen molar-refractivity contribution in [2.45, 2.75) is 32.8 Å². The standard InChI is InChI=1S/C15H29N3O4S.ClH/c1-13(2)22-9-10-23(20,21)18-7-5-17(6-8-18)15(19)12-16-11-14-3-4-14;/h13-14,16H,3-12H2,1-2H3;1H. The maximum Gasteiger partial charge on any atom is 0.236 e. The highest BCUT2D eigenvalue weighted by atomic mass is 35.5. The first kappa shape index (κ1) is 21.6. The molecule has 9 heteroatoms. The lowest BCUT2D eigenvalue weighted by Crippen LogP contribution is -2.52. The lowest BCUT2D eigenvalue weighted by atomic mass is 10.3. The Morgan fingerprint density at radius 2 is 1.83 bits per heavy atom. The molecule has 0 spiro atoms. The number of nitrogens with zero attached hydrogens (tertiary/aromatic N) is 2. The van der Waals surface area contributed by atoms with E-state index in [1.165, 1.54) is 17.1 Å². The third-order valence-corrected chi connectivity index (χ3v) is 6.02. The number of piperazine rings is 1. The fourth-order valence-corrected chi connectivity index (χ4v) is 3.84. The number of halogens is 1. The van der Waals surface area contributed by atoms with E-state index in [9.17, 15) is 13.2 Å². The number of carbonyl (C=O) groups is 1. The molecule has 2 aliphatic rings. The maximum absolute atomic E-state index is 12.2. The van der Waals surface area contributed by atoms with Gasteiger partial charge in [0.1, 0.15) is 0 Å². The highest BCUT2D eigenvalue weighted by Crippen LogP contribution is 2.27. The van der Waals surface area contributed by atoms with E-state index in [2.05, 4.69) is 5.32 Å². The highest BCUT2D eigenvalue weighted by molar-refractivity contribution is 7.89. The van der Waals surface area contributed by atoms with Gasteiger partial charge in [-0.1, -0.05) is 0 Å². The number of sulfonamides is 1. The van der Waals surface area contributed by atoms with E-state index in [-0.39, 0.29) is 36.8 Å². The molecule has 0 unspecified atom stereocenters. The van der Waals surface area contributed by atoms with Crippen LogP contribution in [0.15, 0.2) is 0 Å². The summed E-state index contributed by atoms with van der Waals surface area (Å²) in [5.41, 5.74) is 0. The van der Waals surface area contributed by atoms with E-state index in [1.807, 2.05) is 13.8 Å². The average molecular weight is 384 g/mol. The molecule has 0 bridgehead atoms. The second kappa shape index (κ2) is 9.91. The Bertz CT molecular complexity index is 489. The molecule has 1 N–H and O–H groups in total. The van der Waals surface area contributed by atoms with Crippen molar-refractivity contribution in [3.8, 4) is 0 Å². The quantitative estimate of drug-likeness (QED) is 0.619. The Morgan fingerprint density at radius 3 is 2.38 bits per heavy atom. The van der Waals surface area contributed by atoms with Gasteiger partial charge in [0.15, 0.2) is 0 Å². The monoisotopic (exact) mass is 383 g/mol. The largest absolute Gasteiger partial charge is 0.378 e. The second-order valence-electron chi connectivity index (χ2n) is 6.59. The van der Waals surface area contributed by atoms with Crippen LogP contribution in [0.5, 0.6) is 0 Å². The normalized spacial score (nSPS) is 19.4. The topological polar surface area (TPSA) is 79.0 Å². The molecule has 1 aliphatic carbocycles. The van der Waals surface area contributed by atoms with Crippen LogP contribution in [0.25, 0.3) is 0 Å². The number of ether oxygens (including phenoxy) is 1. The Balaban J connectivity index is 0.00000288. The minimum absolute atomic E-state index is 0. The van der Waals surface area contributed by atoms with E-state index in [1.54, 1.807) is 4.90 Å². The number of nitrogens with one attached hydrogen (secondary N) is 1. The van der Waals surface area contributed by atoms with Crippen molar-refractivity contribution in [2.75, 3.05) is 51.6 Å². The molecule has 0 radical (unpaired) electrons. The molecule has 2 fully saturated rings. The summed E-state index contributed by atoms with van der Waals surface area (Å²) in [6.45, 7) is 6.92. The zero-order chi connectivity index (χ0) is 16.9. The first-order valence-corrected chi connectivity index (χ1v) is 10.1. The van der Waals surface area contributed by atoms with E-state index < -0.39 is 10.0 Å². The van der Waals surface area contributed by atoms with Gasteiger partial charge in [0, 0.05) is 26.2 Å². The summed E-state index contributed by atoms with van der Waals surface area (Å²) in [6, 6.07) is 0. The fraction of sp³-hybridized carbons (Fsp3) is 0.933. The number of amides is 1. The van der Waals surface area contributed by atoms with E-state index in [4.69, 9.17) is 4.74 Å². The van der Waals surface area contributed by atoms with Crippen LogP contribution in [0, 0.1) is 5.92 Å². The third kappa shape index (κ3) is 7.23. The zero-order valence-electron chi connectivity index (χ0n) is 14.6. The Labute approximate surface area is 151 Å². The number of hydrogen-bond acceptors (Lipinski definition) is 5. The number of hydrogen-bond donors (Lipinski definition) is 1. The SMILES string of the molecule is CC(C)OCCS(=O)(=O)N1CCN(C(=O)CNCC2CC2)CC1.Cl. The summed E-state index contributed by atoms with van der Waals surface area (Å²) < 4.78 is 31.2. The molecule has 1 amide bonds. The first-order chi connectivity index (χ1) is 10.9. The van der Waals surface area contributed by atoms with E-state index in [0.717, 1.165) is 12.5 Å². The van der Waals surface area contributed by atoms with Gasteiger partial charge in [-0.15, -0.1) is 12.4 Å². The molecular weight excluding hydrogens is 354 g/mol. The van der Waals surface area contributed by atoms with Crippen LogP contribution in [0.2, 0.25) is 0 Å². The van der Waals surface area contributed by atoms with Crippen molar-refractivity contribution in [3.63, 3.8) is 0 Å².